The number of methoxy groups -OCH3 is 1. The second-order valence-corrected chi connectivity index (χ2v) is 5.45. The zero-order chi connectivity index (χ0) is 17.0. The number of carbonyl (C=O) groups is 2. The van der Waals surface area contributed by atoms with Gasteiger partial charge in [-0.2, -0.15) is 0 Å². The number of hydrogen-bond donors (Lipinski definition) is 2. The van der Waals surface area contributed by atoms with Crippen LogP contribution >= 0.6 is 0 Å². The molecule has 0 unspecified atom stereocenters. The van der Waals surface area contributed by atoms with Crippen LogP contribution < -0.4 is 10.9 Å². The van der Waals surface area contributed by atoms with Crippen molar-refractivity contribution >= 4 is 22.8 Å². The van der Waals surface area contributed by atoms with Crippen LogP contribution in [0.25, 0.3) is 10.9 Å². The number of amides is 1. The van der Waals surface area contributed by atoms with E-state index in [1.54, 1.807) is 24.3 Å². The number of para-hydroxylation sites is 1. The van der Waals surface area contributed by atoms with Crippen LogP contribution in [0.4, 0.5) is 0 Å². The number of H-pyrrole nitrogens is 1. The molecule has 0 aliphatic heterocycles. The van der Waals surface area contributed by atoms with E-state index in [0.717, 1.165) is 0 Å². The molecule has 0 saturated heterocycles. The number of aromatic nitrogens is 1. The molecule has 122 valence electrons. The van der Waals surface area contributed by atoms with Gasteiger partial charge < -0.3 is 15.0 Å². The van der Waals surface area contributed by atoms with Crippen LogP contribution in [0.3, 0.4) is 0 Å². The zero-order valence-electron chi connectivity index (χ0n) is 13.4. The van der Waals surface area contributed by atoms with Crippen LogP contribution in [-0.2, 0) is 9.53 Å². The molecule has 6 heteroatoms. The molecule has 2 aromatic rings. The SMILES string of the molecule is CC[C@@H](C)[C@H](NC(=O)c1cc(=O)[nH]c2ccccc12)C(=O)OC. The van der Waals surface area contributed by atoms with E-state index in [1.807, 2.05) is 13.8 Å². The number of aromatic amines is 1. The molecule has 1 aromatic carbocycles. The molecule has 0 radical (unpaired) electrons. The molecule has 0 aliphatic carbocycles. The van der Waals surface area contributed by atoms with Gasteiger partial charge in [-0.15, -0.1) is 0 Å². The molecule has 2 atom stereocenters. The standard InChI is InChI=1S/C17H20N2O4/c1-4-10(2)15(17(22)23-3)19-16(21)12-9-14(20)18-13-8-6-5-7-11(12)13/h5-10,15H,4H2,1-3H3,(H,18,20)(H,19,21)/t10-,15+/m1/s1. The van der Waals surface area contributed by atoms with Crippen molar-refractivity contribution in [3.63, 3.8) is 0 Å². The lowest BCUT2D eigenvalue weighted by molar-refractivity contribution is -0.144. The first kappa shape index (κ1) is 16.7. The van der Waals surface area contributed by atoms with Crippen LogP contribution in [0.2, 0.25) is 0 Å². The summed E-state index contributed by atoms with van der Waals surface area (Å²) >= 11 is 0. The highest BCUT2D eigenvalue weighted by Gasteiger charge is 2.27. The molecular weight excluding hydrogens is 296 g/mol. The topological polar surface area (TPSA) is 88.3 Å². The molecule has 23 heavy (non-hydrogen) atoms. The number of rotatable bonds is 5. The van der Waals surface area contributed by atoms with Gasteiger partial charge in [-0.25, -0.2) is 4.79 Å². The minimum absolute atomic E-state index is 0.0836. The largest absolute Gasteiger partial charge is 0.467 e. The van der Waals surface area contributed by atoms with Crippen molar-refractivity contribution in [3.05, 3.63) is 46.2 Å². The summed E-state index contributed by atoms with van der Waals surface area (Å²) < 4.78 is 4.76. The van der Waals surface area contributed by atoms with Gasteiger partial charge in [-0.1, -0.05) is 38.5 Å². The Morgan fingerprint density at radius 2 is 2.00 bits per heavy atom. The van der Waals surface area contributed by atoms with Crippen LogP contribution in [0, 0.1) is 5.92 Å². The van der Waals surface area contributed by atoms with E-state index < -0.39 is 17.9 Å². The number of esters is 1. The van der Waals surface area contributed by atoms with Gasteiger partial charge in [0.05, 0.1) is 12.7 Å². The van der Waals surface area contributed by atoms with Crippen LogP contribution in [0.15, 0.2) is 35.1 Å². The van der Waals surface area contributed by atoms with Gasteiger partial charge in [0.15, 0.2) is 0 Å². The molecule has 2 N–H and O–H groups in total. The summed E-state index contributed by atoms with van der Waals surface area (Å²) in [5, 5.41) is 3.31. The van der Waals surface area contributed by atoms with Crippen molar-refractivity contribution in [2.24, 2.45) is 5.92 Å². The summed E-state index contributed by atoms with van der Waals surface area (Å²) in [6, 6.07) is 7.51. The summed E-state index contributed by atoms with van der Waals surface area (Å²) in [6.07, 6.45) is 0.705. The molecule has 0 bridgehead atoms. The predicted molar refractivity (Wildman–Crippen MR) is 87.3 cm³/mol. The Labute approximate surface area is 133 Å². The summed E-state index contributed by atoms with van der Waals surface area (Å²) in [7, 11) is 1.28. The lowest BCUT2D eigenvalue weighted by atomic mass is 9.98. The van der Waals surface area contributed by atoms with Gasteiger partial charge in [0.25, 0.3) is 5.91 Å². The lowest BCUT2D eigenvalue weighted by Gasteiger charge is -2.22. The Kier molecular flexibility index (Phi) is 5.16. The Morgan fingerprint density at radius 1 is 1.30 bits per heavy atom. The predicted octanol–water partition coefficient (Wildman–Crippen LogP) is 1.85. The second kappa shape index (κ2) is 7.09. The van der Waals surface area contributed by atoms with Gasteiger partial charge in [0.1, 0.15) is 6.04 Å². The van der Waals surface area contributed by atoms with E-state index in [0.29, 0.717) is 17.3 Å². The first-order valence-corrected chi connectivity index (χ1v) is 7.48. The summed E-state index contributed by atoms with van der Waals surface area (Å²) in [5.74, 6) is -1.05. The van der Waals surface area contributed by atoms with E-state index in [4.69, 9.17) is 4.74 Å². The molecule has 1 aromatic heterocycles. The number of nitrogens with one attached hydrogen (secondary N) is 2. The van der Waals surface area contributed by atoms with Gasteiger partial charge in [-0.3, -0.25) is 9.59 Å². The number of pyridine rings is 1. The van der Waals surface area contributed by atoms with E-state index in [9.17, 15) is 14.4 Å². The summed E-state index contributed by atoms with van der Waals surface area (Å²) in [5.41, 5.74) is 0.442. The molecule has 0 saturated carbocycles. The minimum atomic E-state index is -0.754. The Bertz CT molecular complexity index is 782. The second-order valence-electron chi connectivity index (χ2n) is 5.45. The van der Waals surface area contributed by atoms with Crippen molar-refractivity contribution in [2.75, 3.05) is 7.11 Å². The number of carbonyl (C=O) groups excluding carboxylic acids is 2. The first-order valence-electron chi connectivity index (χ1n) is 7.48. The summed E-state index contributed by atoms with van der Waals surface area (Å²) in [4.78, 5) is 38.9. The van der Waals surface area contributed by atoms with Crippen molar-refractivity contribution in [1.29, 1.82) is 0 Å². The monoisotopic (exact) mass is 316 g/mol. The molecule has 1 amide bonds. The Morgan fingerprint density at radius 3 is 2.65 bits per heavy atom. The molecule has 1 heterocycles. The van der Waals surface area contributed by atoms with Gasteiger partial charge in [0, 0.05) is 17.0 Å². The molecule has 6 nitrogen and oxygen atoms in total. The van der Waals surface area contributed by atoms with Gasteiger partial charge in [0.2, 0.25) is 5.56 Å². The molecule has 0 aliphatic rings. The maximum Gasteiger partial charge on any atom is 0.328 e. The van der Waals surface area contributed by atoms with Gasteiger partial charge in [-0.05, 0) is 12.0 Å². The first-order chi connectivity index (χ1) is 11.0. The number of hydrogen-bond acceptors (Lipinski definition) is 4. The molecule has 0 fully saturated rings. The van der Waals surface area contributed by atoms with Crippen LogP contribution in [0.5, 0.6) is 0 Å². The maximum absolute atomic E-state index is 12.6. The van der Waals surface area contributed by atoms with Crippen LogP contribution in [-0.4, -0.2) is 30.0 Å². The molecule has 0 spiro atoms. The molecular formula is C17H20N2O4. The van der Waals surface area contributed by atoms with E-state index in [1.165, 1.54) is 13.2 Å². The maximum atomic E-state index is 12.6. The third-order valence-electron chi connectivity index (χ3n) is 3.95. The average molecular weight is 316 g/mol. The average Bonchev–Trinajstić information content (AvgIpc) is 2.57. The fourth-order valence-electron chi connectivity index (χ4n) is 2.41. The Balaban J connectivity index is 2.40. The van der Waals surface area contributed by atoms with Crippen molar-refractivity contribution in [2.45, 2.75) is 26.3 Å². The normalized spacial score (nSPS) is 13.3. The smallest absolute Gasteiger partial charge is 0.328 e. The van der Waals surface area contributed by atoms with Crippen molar-refractivity contribution in [1.82, 2.24) is 10.3 Å². The highest BCUT2D eigenvalue weighted by atomic mass is 16.5. The van der Waals surface area contributed by atoms with Gasteiger partial charge >= 0.3 is 5.97 Å². The fraction of sp³-hybridized carbons (Fsp3) is 0.353. The van der Waals surface area contributed by atoms with E-state index in [2.05, 4.69) is 10.3 Å². The number of ether oxygens (including phenoxy) is 1. The third-order valence-corrected chi connectivity index (χ3v) is 3.95. The van der Waals surface area contributed by atoms with Crippen molar-refractivity contribution < 1.29 is 14.3 Å². The Hall–Kier alpha value is -2.63. The van der Waals surface area contributed by atoms with Crippen LogP contribution in [0.1, 0.15) is 30.6 Å². The van der Waals surface area contributed by atoms with Crippen molar-refractivity contribution in [3.8, 4) is 0 Å². The third kappa shape index (κ3) is 3.59. The fourth-order valence-corrected chi connectivity index (χ4v) is 2.41. The summed E-state index contributed by atoms with van der Waals surface area (Å²) in [6.45, 7) is 3.78. The van der Waals surface area contributed by atoms with E-state index >= 15 is 0 Å². The number of fused-ring (bicyclic) bond motifs is 1. The number of benzene rings is 1. The minimum Gasteiger partial charge on any atom is -0.467 e. The zero-order valence-corrected chi connectivity index (χ0v) is 13.4. The lowest BCUT2D eigenvalue weighted by Crippen LogP contribution is -2.45. The highest BCUT2D eigenvalue weighted by molar-refractivity contribution is 6.07. The molecule has 2 rings (SSSR count). The quantitative estimate of drug-likeness (QED) is 0.824. The van der Waals surface area contributed by atoms with E-state index in [-0.39, 0.29) is 17.0 Å². The highest BCUT2D eigenvalue weighted by Crippen LogP contribution is 2.16.